The van der Waals surface area contributed by atoms with Gasteiger partial charge in [-0.05, 0) is 24.1 Å². The fourth-order valence-electron chi connectivity index (χ4n) is 2.79. The molecule has 29 heavy (non-hydrogen) atoms. The van der Waals surface area contributed by atoms with Gasteiger partial charge in [0.1, 0.15) is 0 Å². The van der Waals surface area contributed by atoms with Crippen LogP contribution in [-0.4, -0.2) is 54.0 Å². The molecule has 1 rings (SSSR count). The molecule has 0 aromatic heterocycles. The SMILES string of the molecule is O=C(CSCCCCCCCCCCCOS(=O)(=O)[O-])c1ccc(B(O)O)cc1. The van der Waals surface area contributed by atoms with Crippen LogP contribution in [0.25, 0.3) is 0 Å². The van der Waals surface area contributed by atoms with Crippen LogP contribution >= 0.6 is 11.8 Å². The van der Waals surface area contributed by atoms with E-state index in [-0.39, 0.29) is 12.4 Å². The molecule has 0 saturated carbocycles. The van der Waals surface area contributed by atoms with E-state index in [9.17, 15) is 17.8 Å². The van der Waals surface area contributed by atoms with Gasteiger partial charge in [-0.25, -0.2) is 8.42 Å². The lowest BCUT2D eigenvalue weighted by atomic mass is 9.80. The third-order valence-corrected chi connectivity index (χ3v) is 5.92. The molecule has 0 atom stereocenters. The van der Waals surface area contributed by atoms with E-state index in [4.69, 9.17) is 10.0 Å². The zero-order chi connectivity index (χ0) is 21.5. The van der Waals surface area contributed by atoms with Crippen molar-refractivity contribution in [1.82, 2.24) is 0 Å². The Morgan fingerprint density at radius 1 is 0.931 bits per heavy atom. The van der Waals surface area contributed by atoms with Crippen LogP contribution in [-0.2, 0) is 14.6 Å². The lowest BCUT2D eigenvalue weighted by Gasteiger charge is -2.07. The summed E-state index contributed by atoms with van der Waals surface area (Å²) < 4.78 is 34.9. The van der Waals surface area contributed by atoms with E-state index >= 15 is 0 Å². The van der Waals surface area contributed by atoms with Crippen LogP contribution in [0.5, 0.6) is 0 Å². The zero-order valence-corrected chi connectivity index (χ0v) is 18.3. The second kappa shape index (κ2) is 15.0. The van der Waals surface area contributed by atoms with Crippen molar-refractivity contribution in [3.05, 3.63) is 29.8 Å². The lowest BCUT2D eigenvalue weighted by Crippen LogP contribution is -2.29. The molecule has 0 spiro atoms. The number of benzene rings is 1. The average Bonchev–Trinajstić information content (AvgIpc) is 2.67. The van der Waals surface area contributed by atoms with E-state index in [1.807, 2.05) is 0 Å². The zero-order valence-electron chi connectivity index (χ0n) is 16.6. The average molecular weight is 445 g/mol. The summed E-state index contributed by atoms with van der Waals surface area (Å²) in [5.41, 5.74) is 0.959. The van der Waals surface area contributed by atoms with E-state index in [0.29, 0.717) is 23.2 Å². The molecule has 0 saturated heterocycles. The van der Waals surface area contributed by atoms with Crippen LogP contribution in [0.4, 0.5) is 0 Å². The minimum atomic E-state index is -4.55. The molecular weight excluding hydrogens is 415 g/mol. The first-order valence-electron chi connectivity index (χ1n) is 9.97. The minimum absolute atomic E-state index is 0.0247. The molecular formula is C19H30BO7S2-. The maximum Gasteiger partial charge on any atom is 0.488 e. The van der Waals surface area contributed by atoms with E-state index in [0.717, 1.165) is 57.1 Å². The Morgan fingerprint density at radius 3 is 1.97 bits per heavy atom. The molecule has 0 aliphatic heterocycles. The second-order valence-corrected chi connectivity index (χ2v) is 9.04. The van der Waals surface area contributed by atoms with Crippen LogP contribution < -0.4 is 5.46 Å². The Bertz CT molecular complexity index is 678. The summed E-state index contributed by atoms with van der Waals surface area (Å²) in [5.74, 6) is 1.42. The number of hydrogen-bond acceptors (Lipinski definition) is 8. The van der Waals surface area contributed by atoms with Crippen molar-refractivity contribution < 1.29 is 32.0 Å². The van der Waals surface area contributed by atoms with Gasteiger partial charge in [-0.1, -0.05) is 69.2 Å². The molecule has 1 aromatic rings. The molecule has 0 radical (unpaired) electrons. The number of ketones is 1. The summed E-state index contributed by atoms with van der Waals surface area (Å²) in [5, 5.41) is 18.1. The third kappa shape index (κ3) is 13.9. The number of carbonyl (C=O) groups is 1. The Labute approximate surface area is 178 Å². The van der Waals surface area contributed by atoms with E-state index in [1.54, 1.807) is 36.0 Å². The van der Waals surface area contributed by atoms with Gasteiger partial charge in [-0.15, -0.1) is 0 Å². The molecule has 0 heterocycles. The summed E-state index contributed by atoms with van der Waals surface area (Å²) in [6, 6.07) is 6.34. The highest BCUT2D eigenvalue weighted by molar-refractivity contribution is 7.99. The molecule has 0 amide bonds. The Hall–Kier alpha value is -0.905. The van der Waals surface area contributed by atoms with Crippen molar-refractivity contribution in [3.8, 4) is 0 Å². The van der Waals surface area contributed by atoms with Gasteiger partial charge in [0.15, 0.2) is 5.78 Å². The first kappa shape index (κ1) is 26.1. The summed E-state index contributed by atoms with van der Waals surface area (Å²) in [7, 11) is -6.06. The number of thioether (sulfide) groups is 1. The van der Waals surface area contributed by atoms with Crippen LogP contribution in [0, 0.1) is 0 Å². The smallest absolute Gasteiger partial charge is 0.488 e. The maximum atomic E-state index is 12.1. The molecule has 2 N–H and O–H groups in total. The van der Waals surface area contributed by atoms with Crippen molar-refractivity contribution in [2.24, 2.45) is 0 Å². The van der Waals surface area contributed by atoms with Gasteiger partial charge in [0.2, 0.25) is 10.4 Å². The largest absolute Gasteiger partial charge is 0.726 e. The Balaban J connectivity index is 1.91. The molecule has 1 aromatic carbocycles. The number of rotatable bonds is 17. The molecule has 0 bridgehead atoms. The normalized spacial score (nSPS) is 11.6. The van der Waals surface area contributed by atoms with Gasteiger partial charge in [0, 0.05) is 5.56 Å². The van der Waals surface area contributed by atoms with Crippen LogP contribution in [0.2, 0.25) is 0 Å². The van der Waals surface area contributed by atoms with Crippen molar-refractivity contribution in [1.29, 1.82) is 0 Å². The molecule has 7 nitrogen and oxygen atoms in total. The van der Waals surface area contributed by atoms with Gasteiger partial charge in [0.25, 0.3) is 0 Å². The number of unbranched alkanes of at least 4 members (excludes halogenated alkanes) is 8. The summed E-state index contributed by atoms with van der Waals surface area (Å²) in [6.45, 7) is -0.0247. The van der Waals surface area contributed by atoms with Gasteiger partial charge < -0.3 is 14.6 Å². The van der Waals surface area contributed by atoms with E-state index < -0.39 is 17.5 Å². The first-order chi connectivity index (χ1) is 13.8. The van der Waals surface area contributed by atoms with Crippen LogP contribution in [0.1, 0.15) is 68.1 Å². The first-order valence-corrected chi connectivity index (χ1v) is 12.5. The maximum absolute atomic E-state index is 12.1. The number of hydrogen-bond donors (Lipinski definition) is 2. The highest BCUT2D eigenvalue weighted by atomic mass is 32.3. The number of carbonyl (C=O) groups excluding carboxylic acids is 1. The van der Waals surface area contributed by atoms with Gasteiger partial charge in [-0.3, -0.25) is 8.98 Å². The van der Waals surface area contributed by atoms with Crippen molar-refractivity contribution in [3.63, 3.8) is 0 Å². The van der Waals surface area contributed by atoms with Gasteiger partial charge in [0.05, 0.1) is 12.4 Å². The lowest BCUT2D eigenvalue weighted by molar-refractivity contribution is 0.102. The Kier molecular flexibility index (Phi) is 13.5. The van der Waals surface area contributed by atoms with Crippen molar-refractivity contribution in [2.45, 2.75) is 57.8 Å². The monoisotopic (exact) mass is 445 g/mol. The van der Waals surface area contributed by atoms with Crippen LogP contribution in [0.3, 0.4) is 0 Å². The third-order valence-electron chi connectivity index (χ3n) is 4.42. The minimum Gasteiger partial charge on any atom is -0.726 e. The molecule has 0 aliphatic rings. The molecule has 10 heteroatoms. The van der Waals surface area contributed by atoms with Gasteiger partial charge >= 0.3 is 7.12 Å². The highest BCUT2D eigenvalue weighted by Gasteiger charge is 2.12. The topological polar surface area (TPSA) is 124 Å². The van der Waals surface area contributed by atoms with Crippen LogP contribution in [0.15, 0.2) is 24.3 Å². The summed E-state index contributed by atoms with van der Waals surface area (Å²) in [4.78, 5) is 12.1. The predicted molar refractivity (Wildman–Crippen MR) is 115 cm³/mol. The van der Waals surface area contributed by atoms with Gasteiger partial charge in [-0.2, -0.15) is 11.8 Å². The molecule has 0 unspecified atom stereocenters. The second-order valence-electron chi connectivity index (χ2n) is 6.88. The summed E-state index contributed by atoms with van der Waals surface area (Å²) in [6.07, 6.45) is 9.25. The van der Waals surface area contributed by atoms with Crippen molar-refractivity contribution in [2.75, 3.05) is 18.1 Å². The fourth-order valence-corrected chi connectivity index (χ4v) is 4.02. The fraction of sp³-hybridized carbons (Fsp3) is 0.632. The van der Waals surface area contributed by atoms with E-state index in [1.165, 1.54) is 0 Å². The van der Waals surface area contributed by atoms with E-state index in [2.05, 4.69) is 4.18 Å². The standard InChI is InChI=1S/C19H31BO7S2/c21-19(17-10-12-18(13-11-17)20(22)23)16-28-15-9-7-5-3-1-2-4-6-8-14-27-29(24,25)26/h10-13,22-23H,1-9,14-16H2,(H,24,25,26)/p-1. The predicted octanol–water partition coefficient (Wildman–Crippen LogP) is 2.27. The molecule has 0 aliphatic carbocycles. The Morgan fingerprint density at radius 2 is 1.45 bits per heavy atom. The molecule has 0 fully saturated rings. The summed E-state index contributed by atoms with van der Waals surface area (Å²) >= 11 is 1.62. The van der Waals surface area contributed by atoms with Crippen molar-refractivity contribution >= 4 is 40.5 Å². The number of Topliss-reactive ketones (excluding diaryl/α,β-unsaturated/α-hetero) is 1. The quantitative estimate of drug-likeness (QED) is 0.123. The highest BCUT2D eigenvalue weighted by Crippen LogP contribution is 2.13. The molecule has 164 valence electrons.